The van der Waals surface area contributed by atoms with Crippen LogP contribution >= 0.6 is 0 Å². The van der Waals surface area contributed by atoms with Crippen molar-refractivity contribution in [3.8, 4) is 5.75 Å². The second-order valence-electron chi connectivity index (χ2n) is 7.27. The number of fused-ring (bicyclic) bond motifs is 1. The van der Waals surface area contributed by atoms with E-state index in [1.165, 1.54) is 0 Å². The van der Waals surface area contributed by atoms with Crippen LogP contribution in [0, 0.1) is 0 Å². The molecule has 0 aliphatic rings. The third kappa shape index (κ3) is 4.55. The van der Waals surface area contributed by atoms with Crippen LogP contribution in [0.4, 0.5) is 0 Å². The molecular formula is C24H24N2O4. The Labute approximate surface area is 175 Å². The Hall–Kier alpha value is -3.51. The molecule has 0 radical (unpaired) electrons. The maximum Gasteiger partial charge on any atom is 0.287 e. The van der Waals surface area contributed by atoms with Gasteiger partial charge in [0.25, 0.3) is 5.91 Å². The highest BCUT2D eigenvalue weighted by Crippen LogP contribution is 2.22. The van der Waals surface area contributed by atoms with Gasteiger partial charge in [0, 0.05) is 6.54 Å². The smallest absolute Gasteiger partial charge is 0.287 e. The molecule has 2 aromatic heterocycles. The predicted octanol–water partition coefficient (Wildman–Crippen LogP) is 4.64. The fourth-order valence-corrected chi connectivity index (χ4v) is 3.28. The molecule has 1 N–H and O–H groups in total. The van der Waals surface area contributed by atoms with Gasteiger partial charge in [-0.1, -0.05) is 30.3 Å². The van der Waals surface area contributed by atoms with Crippen LogP contribution in [0.5, 0.6) is 5.75 Å². The lowest BCUT2D eigenvalue weighted by Crippen LogP contribution is -2.34. The van der Waals surface area contributed by atoms with Gasteiger partial charge in [-0.05, 0) is 61.3 Å². The second kappa shape index (κ2) is 8.88. The highest BCUT2D eigenvalue weighted by molar-refractivity contribution is 5.91. The molecule has 0 aliphatic carbocycles. The summed E-state index contributed by atoms with van der Waals surface area (Å²) in [5.74, 6) is 2.12. The maximum absolute atomic E-state index is 12.5. The number of amides is 1. The molecule has 6 nitrogen and oxygen atoms in total. The molecular weight excluding hydrogens is 380 g/mol. The highest BCUT2D eigenvalue weighted by Gasteiger charge is 2.19. The minimum atomic E-state index is -0.273. The molecule has 0 spiro atoms. The summed E-state index contributed by atoms with van der Waals surface area (Å²) < 4.78 is 17.0. The van der Waals surface area contributed by atoms with E-state index in [2.05, 4.69) is 11.4 Å². The third-order valence-electron chi connectivity index (χ3n) is 4.94. The molecule has 1 unspecified atom stereocenters. The summed E-state index contributed by atoms with van der Waals surface area (Å²) in [7, 11) is 3.88. The minimum absolute atomic E-state index is 0.0605. The van der Waals surface area contributed by atoms with Gasteiger partial charge in [-0.2, -0.15) is 0 Å². The van der Waals surface area contributed by atoms with Gasteiger partial charge in [0.1, 0.15) is 23.9 Å². The lowest BCUT2D eigenvalue weighted by Gasteiger charge is -2.22. The molecule has 0 fully saturated rings. The van der Waals surface area contributed by atoms with Crippen molar-refractivity contribution in [1.29, 1.82) is 0 Å². The van der Waals surface area contributed by atoms with Crippen molar-refractivity contribution in [2.24, 2.45) is 0 Å². The zero-order valence-corrected chi connectivity index (χ0v) is 17.0. The summed E-state index contributed by atoms with van der Waals surface area (Å²) in [6.07, 6.45) is 1.63. The first-order valence-corrected chi connectivity index (χ1v) is 9.78. The number of ether oxygens (including phenoxy) is 1. The minimum Gasteiger partial charge on any atom is -0.486 e. The number of nitrogens with zero attached hydrogens (tertiary/aromatic N) is 1. The van der Waals surface area contributed by atoms with Gasteiger partial charge < -0.3 is 18.9 Å². The van der Waals surface area contributed by atoms with Crippen LogP contribution in [0.15, 0.2) is 81.8 Å². The number of benzene rings is 2. The van der Waals surface area contributed by atoms with Crippen LogP contribution < -0.4 is 10.1 Å². The van der Waals surface area contributed by atoms with E-state index in [4.69, 9.17) is 13.6 Å². The summed E-state index contributed by atoms with van der Waals surface area (Å²) in [4.78, 5) is 14.5. The molecule has 0 saturated heterocycles. The molecule has 1 atom stereocenters. The van der Waals surface area contributed by atoms with Crippen molar-refractivity contribution in [1.82, 2.24) is 10.2 Å². The van der Waals surface area contributed by atoms with E-state index >= 15 is 0 Å². The largest absolute Gasteiger partial charge is 0.486 e. The summed E-state index contributed by atoms with van der Waals surface area (Å²) in [5.41, 5.74) is 0. The van der Waals surface area contributed by atoms with Crippen LogP contribution in [0.3, 0.4) is 0 Å². The molecule has 154 valence electrons. The summed E-state index contributed by atoms with van der Waals surface area (Å²) in [6.45, 7) is 0.654. The van der Waals surface area contributed by atoms with Crippen LogP contribution in [0.1, 0.15) is 28.1 Å². The highest BCUT2D eigenvalue weighted by atomic mass is 16.5. The molecule has 4 rings (SSSR count). The fraction of sp³-hybridized carbons (Fsp3) is 0.208. The summed E-state index contributed by atoms with van der Waals surface area (Å²) in [6, 6.07) is 21.1. The van der Waals surface area contributed by atoms with Crippen LogP contribution in [-0.2, 0) is 6.61 Å². The Morgan fingerprint density at radius 1 is 1.03 bits per heavy atom. The molecule has 0 saturated carbocycles. The Morgan fingerprint density at radius 2 is 1.87 bits per heavy atom. The number of likely N-dealkylation sites (N-methyl/N-ethyl adjacent to an activating group) is 1. The van der Waals surface area contributed by atoms with Crippen molar-refractivity contribution in [3.05, 3.63) is 90.3 Å². The van der Waals surface area contributed by atoms with Crippen LogP contribution in [-0.4, -0.2) is 31.4 Å². The maximum atomic E-state index is 12.5. The van der Waals surface area contributed by atoms with Crippen molar-refractivity contribution >= 4 is 16.7 Å². The van der Waals surface area contributed by atoms with Crippen molar-refractivity contribution in [2.75, 3.05) is 20.6 Å². The Kier molecular flexibility index (Phi) is 5.86. The number of nitrogens with one attached hydrogen (secondary N) is 1. The molecule has 0 aliphatic heterocycles. The van der Waals surface area contributed by atoms with Gasteiger partial charge >= 0.3 is 0 Å². The van der Waals surface area contributed by atoms with Gasteiger partial charge in [0.2, 0.25) is 0 Å². The quantitative estimate of drug-likeness (QED) is 0.463. The van der Waals surface area contributed by atoms with E-state index in [1.807, 2.05) is 67.5 Å². The Bertz CT molecular complexity index is 1120. The van der Waals surface area contributed by atoms with E-state index in [-0.39, 0.29) is 24.3 Å². The Morgan fingerprint density at radius 3 is 2.63 bits per heavy atom. The second-order valence-corrected chi connectivity index (χ2v) is 7.27. The first-order chi connectivity index (χ1) is 14.6. The summed E-state index contributed by atoms with van der Waals surface area (Å²) in [5, 5.41) is 5.17. The number of furan rings is 2. The van der Waals surface area contributed by atoms with E-state index in [0.29, 0.717) is 12.3 Å². The number of carbonyl (C=O) groups is 1. The lowest BCUT2D eigenvalue weighted by molar-refractivity contribution is 0.0907. The molecule has 2 heterocycles. The molecule has 2 aromatic carbocycles. The predicted molar refractivity (Wildman–Crippen MR) is 114 cm³/mol. The number of hydrogen-bond donors (Lipinski definition) is 1. The van der Waals surface area contributed by atoms with E-state index in [1.54, 1.807) is 18.4 Å². The van der Waals surface area contributed by atoms with E-state index in [9.17, 15) is 4.79 Å². The fourth-order valence-electron chi connectivity index (χ4n) is 3.28. The van der Waals surface area contributed by atoms with Crippen LogP contribution in [0.25, 0.3) is 10.8 Å². The van der Waals surface area contributed by atoms with Gasteiger partial charge in [0.15, 0.2) is 5.76 Å². The zero-order valence-electron chi connectivity index (χ0n) is 17.0. The standard InChI is InChI=1S/C24H24N2O4/c1-26(2)21(22-8-5-13-28-22)15-25-24(27)23-12-11-20(30-23)16-29-19-10-9-17-6-3-4-7-18(17)14-19/h3-14,21H,15-16H2,1-2H3,(H,25,27). The monoisotopic (exact) mass is 404 g/mol. The van der Waals surface area contributed by atoms with Crippen molar-refractivity contribution in [2.45, 2.75) is 12.6 Å². The Balaban J connectivity index is 1.34. The lowest BCUT2D eigenvalue weighted by atomic mass is 10.1. The first-order valence-electron chi connectivity index (χ1n) is 9.78. The number of rotatable bonds is 8. The number of carbonyl (C=O) groups excluding carboxylic acids is 1. The van der Waals surface area contributed by atoms with Gasteiger partial charge in [-0.3, -0.25) is 9.69 Å². The van der Waals surface area contributed by atoms with Gasteiger partial charge in [-0.15, -0.1) is 0 Å². The average molecular weight is 404 g/mol. The topological polar surface area (TPSA) is 67.9 Å². The van der Waals surface area contributed by atoms with Crippen LogP contribution in [0.2, 0.25) is 0 Å². The van der Waals surface area contributed by atoms with E-state index in [0.717, 1.165) is 22.3 Å². The average Bonchev–Trinajstić information content (AvgIpc) is 3.44. The molecule has 6 heteroatoms. The summed E-state index contributed by atoms with van der Waals surface area (Å²) >= 11 is 0. The molecule has 4 aromatic rings. The number of hydrogen-bond acceptors (Lipinski definition) is 5. The van der Waals surface area contributed by atoms with Crippen molar-refractivity contribution < 1.29 is 18.4 Å². The van der Waals surface area contributed by atoms with Gasteiger partial charge in [0.05, 0.1) is 12.3 Å². The first kappa shape index (κ1) is 19.8. The third-order valence-corrected chi connectivity index (χ3v) is 4.94. The molecule has 0 bridgehead atoms. The van der Waals surface area contributed by atoms with Gasteiger partial charge in [-0.25, -0.2) is 0 Å². The van der Waals surface area contributed by atoms with Crippen molar-refractivity contribution in [3.63, 3.8) is 0 Å². The molecule has 1 amide bonds. The zero-order chi connectivity index (χ0) is 20.9. The SMILES string of the molecule is CN(C)C(CNC(=O)c1ccc(COc2ccc3ccccc3c2)o1)c1ccco1. The van der Waals surface area contributed by atoms with E-state index < -0.39 is 0 Å². The normalized spacial score (nSPS) is 12.2. The molecule has 30 heavy (non-hydrogen) atoms.